The Kier molecular flexibility index (Phi) is 5.48. The minimum absolute atomic E-state index is 0.141. The first kappa shape index (κ1) is 18.5. The maximum absolute atomic E-state index is 12.6. The van der Waals surface area contributed by atoms with E-state index in [1.165, 1.54) is 24.3 Å². The topological polar surface area (TPSA) is 88.5 Å². The first-order valence-electron chi connectivity index (χ1n) is 6.67. The standard InChI is InChI=1S/C15H10ClF3N2O4/c16-11-4-8(15(17,18)19)7-20-14(11)25-10-3-1-2-9(5-10)21-12(22)6-13(23)24/h1-5,7H,6H2,(H,21,22)(H,23,24). The lowest BCUT2D eigenvalue weighted by Gasteiger charge is -2.11. The number of rotatable bonds is 5. The van der Waals surface area contributed by atoms with E-state index in [2.05, 4.69) is 10.3 Å². The van der Waals surface area contributed by atoms with Crippen LogP contribution in [0.1, 0.15) is 12.0 Å². The Bertz CT molecular complexity index is 812. The molecule has 2 N–H and O–H groups in total. The highest BCUT2D eigenvalue weighted by molar-refractivity contribution is 6.31. The molecule has 0 aliphatic rings. The van der Waals surface area contributed by atoms with Crippen LogP contribution in [-0.2, 0) is 15.8 Å². The Morgan fingerprint density at radius 1 is 1.28 bits per heavy atom. The number of nitrogens with one attached hydrogen (secondary N) is 1. The molecule has 0 aliphatic carbocycles. The molecular weight excluding hydrogens is 365 g/mol. The van der Waals surface area contributed by atoms with Gasteiger partial charge in [0.05, 0.1) is 5.56 Å². The van der Waals surface area contributed by atoms with Gasteiger partial charge in [-0.15, -0.1) is 0 Å². The molecule has 2 rings (SSSR count). The van der Waals surface area contributed by atoms with E-state index >= 15 is 0 Å². The number of ether oxygens (including phenoxy) is 1. The fourth-order valence-corrected chi connectivity index (χ4v) is 1.95. The number of amides is 1. The molecule has 0 aliphatic heterocycles. The van der Waals surface area contributed by atoms with Gasteiger partial charge in [-0.1, -0.05) is 17.7 Å². The molecule has 25 heavy (non-hydrogen) atoms. The third-order valence-electron chi connectivity index (χ3n) is 2.78. The molecular formula is C15H10ClF3N2O4. The smallest absolute Gasteiger partial charge is 0.417 e. The van der Waals surface area contributed by atoms with Crippen molar-refractivity contribution >= 4 is 29.2 Å². The summed E-state index contributed by atoms with van der Waals surface area (Å²) in [6, 6.07) is 6.46. The number of carbonyl (C=O) groups is 2. The normalized spacial score (nSPS) is 11.0. The number of pyridine rings is 1. The van der Waals surface area contributed by atoms with Gasteiger partial charge in [-0.3, -0.25) is 9.59 Å². The van der Waals surface area contributed by atoms with Crippen LogP contribution in [0.4, 0.5) is 18.9 Å². The van der Waals surface area contributed by atoms with Gasteiger partial charge in [0.1, 0.15) is 17.2 Å². The van der Waals surface area contributed by atoms with Crippen LogP contribution in [0.15, 0.2) is 36.5 Å². The van der Waals surface area contributed by atoms with Gasteiger partial charge in [-0.2, -0.15) is 13.2 Å². The third kappa shape index (κ3) is 5.35. The van der Waals surface area contributed by atoms with Crippen molar-refractivity contribution in [1.82, 2.24) is 4.98 Å². The molecule has 0 atom stereocenters. The average molecular weight is 375 g/mol. The second-order valence-electron chi connectivity index (χ2n) is 4.76. The van der Waals surface area contributed by atoms with Crippen LogP contribution in [0.3, 0.4) is 0 Å². The summed E-state index contributed by atoms with van der Waals surface area (Å²) in [7, 11) is 0. The first-order valence-corrected chi connectivity index (χ1v) is 7.05. The lowest BCUT2D eigenvalue weighted by atomic mass is 10.2. The lowest BCUT2D eigenvalue weighted by Crippen LogP contribution is -2.15. The molecule has 2 aromatic rings. The van der Waals surface area contributed by atoms with Gasteiger partial charge in [-0.05, 0) is 18.2 Å². The zero-order valence-corrected chi connectivity index (χ0v) is 13.1. The van der Waals surface area contributed by atoms with Gasteiger partial charge < -0.3 is 15.2 Å². The van der Waals surface area contributed by atoms with E-state index in [1.807, 2.05) is 0 Å². The summed E-state index contributed by atoms with van der Waals surface area (Å²) in [4.78, 5) is 25.4. The maximum Gasteiger partial charge on any atom is 0.417 e. The zero-order valence-electron chi connectivity index (χ0n) is 12.3. The molecule has 0 radical (unpaired) electrons. The van der Waals surface area contributed by atoms with E-state index < -0.39 is 30.0 Å². The quantitative estimate of drug-likeness (QED) is 0.773. The largest absolute Gasteiger partial charge is 0.481 e. The summed E-state index contributed by atoms with van der Waals surface area (Å²) in [5, 5.41) is 10.5. The van der Waals surface area contributed by atoms with Crippen LogP contribution in [0.25, 0.3) is 0 Å². The predicted molar refractivity (Wildman–Crippen MR) is 81.6 cm³/mol. The van der Waals surface area contributed by atoms with Crippen molar-refractivity contribution in [1.29, 1.82) is 0 Å². The van der Waals surface area contributed by atoms with Crippen molar-refractivity contribution in [2.24, 2.45) is 0 Å². The van der Waals surface area contributed by atoms with Crippen molar-refractivity contribution in [3.05, 3.63) is 47.1 Å². The van der Waals surface area contributed by atoms with E-state index in [9.17, 15) is 22.8 Å². The van der Waals surface area contributed by atoms with E-state index in [4.69, 9.17) is 21.4 Å². The Hall–Kier alpha value is -2.81. The number of nitrogens with zero attached hydrogens (tertiary/aromatic N) is 1. The van der Waals surface area contributed by atoms with Crippen molar-refractivity contribution in [2.75, 3.05) is 5.32 Å². The zero-order chi connectivity index (χ0) is 18.6. The summed E-state index contributed by atoms with van der Waals surface area (Å²) < 4.78 is 43.0. The van der Waals surface area contributed by atoms with Gasteiger partial charge >= 0.3 is 12.1 Å². The monoisotopic (exact) mass is 374 g/mol. The van der Waals surface area contributed by atoms with Crippen LogP contribution in [-0.4, -0.2) is 22.0 Å². The minimum atomic E-state index is -4.58. The van der Waals surface area contributed by atoms with Crippen molar-refractivity contribution < 1.29 is 32.6 Å². The average Bonchev–Trinajstić information content (AvgIpc) is 2.47. The predicted octanol–water partition coefficient (Wildman–Crippen LogP) is 3.96. The number of alkyl halides is 3. The van der Waals surface area contributed by atoms with Crippen molar-refractivity contribution in [3.8, 4) is 11.6 Å². The van der Waals surface area contributed by atoms with Gasteiger partial charge in [0.25, 0.3) is 0 Å². The highest BCUT2D eigenvalue weighted by atomic mass is 35.5. The summed E-state index contributed by atoms with van der Waals surface area (Å²) in [5.74, 6) is -2.13. The molecule has 1 aromatic carbocycles. The molecule has 0 unspecified atom stereocenters. The molecule has 1 heterocycles. The van der Waals surface area contributed by atoms with Crippen LogP contribution in [0.2, 0.25) is 5.02 Å². The Labute approximate surface area is 144 Å². The van der Waals surface area contributed by atoms with Crippen LogP contribution in [0, 0.1) is 0 Å². The lowest BCUT2D eigenvalue weighted by molar-refractivity contribution is -0.140. The molecule has 6 nitrogen and oxygen atoms in total. The fourth-order valence-electron chi connectivity index (χ4n) is 1.75. The van der Waals surface area contributed by atoms with Gasteiger partial charge in [0.2, 0.25) is 11.8 Å². The summed E-state index contributed by atoms with van der Waals surface area (Å²) in [6.07, 6.45) is -4.71. The highest BCUT2D eigenvalue weighted by Gasteiger charge is 2.31. The number of hydrogen-bond donors (Lipinski definition) is 2. The van der Waals surface area contributed by atoms with Crippen LogP contribution < -0.4 is 10.1 Å². The summed E-state index contributed by atoms with van der Waals surface area (Å²) >= 11 is 5.74. The molecule has 1 amide bonds. The first-order chi connectivity index (χ1) is 11.6. The number of anilines is 1. The van der Waals surface area contributed by atoms with Crippen LogP contribution >= 0.6 is 11.6 Å². The maximum atomic E-state index is 12.6. The van der Waals surface area contributed by atoms with Crippen molar-refractivity contribution in [3.63, 3.8) is 0 Å². The molecule has 0 saturated carbocycles. The molecule has 0 bridgehead atoms. The second-order valence-corrected chi connectivity index (χ2v) is 5.16. The molecule has 0 spiro atoms. The van der Waals surface area contributed by atoms with E-state index in [0.717, 1.165) is 0 Å². The molecule has 132 valence electrons. The summed E-state index contributed by atoms with van der Waals surface area (Å²) in [6.45, 7) is 0. The Morgan fingerprint density at radius 3 is 2.60 bits per heavy atom. The van der Waals surface area contributed by atoms with E-state index in [1.54, 1.807) is 0 Å². The van der Waals surface area contributed by atoms with Gasteiger partial charge in [-0.25, -0.2) is 4.98 Å². The van der Waals surface area contributed by atoms with E-state index in [-0.39, 0.29) is 22.3 Å². The molecule has 1 aromatic heterocycles. The van der Waals surface area contributed by atoms with Gasteiger partial charge in [0.15, 0.2) is 0 Å². The van der Waals surface area contributed by atoms with Crippen LogP contribution in [0.5, 0.6) is 11.6 Å². The Morgan fingerprint density at radius 2 is 2.00 bits per heavy atom. The number of carboxylic acid groups (broad SMARTS) is 1. The summed E-state index contributed by atoms with van der Waals surface area (Å²) in [5.41, 5.74) is -0.772. The van der Waals surface area contributed by atoms with Crippen molar-refractivity contribution in [2.45, 2.75) is 12.6 Å². The number of carbonyl (C=O) groups excluding carboxylic acids is 1. The minimum Gasteiger partial charge on any atom is -0.481 e. The molecule has 0 saturated heterocycles. The number of aliphatic carboxylic acids is 1. The molecule has 10 heteroatoms. The number of aromatic nitrogens is 1. The second kappa shape index (κ2) is 7.39. The highest BCUT2D eigenvalue weighted by Crippen LogP contribution is 2.34. The number of hydrogen-bond acceptors (Lipinski definition) is 4. The number of halogens is 4. The number of benzene rings is 1. The Balaban J connectivity index is 2.14. The van der Waals surface area contributed by atoms with Gasteiger partial charge in [0, 0.05) is 18.0 Å². The third-order valence-corrected chi connectivity index (χ3v) is 3.05. The SMILES string of the molecule is O=C(O)CC(=O)Nc1cccc(Oc2ncc(C(F)(F)F)cc2Cl)c1. The molecule has 0 fully saturated rings. The van der Waals surface area contributed by atoms with E-state index in [0.29, 0.717) is 12.3 Å². The fraction of sp³-hybridized carbons (Fsp3) is 0.133. The number of carboxylic acids is 1.